The Morgan fingerprint density at radius 2 is 2.50 bits per heavy atom. The second kappa shape index (κ2) is 1.62. The minimum absolute atomic E-state index is 0.103. The summed E-state index contributed by atoms with van der Waals surface area (Å²) < 4.78 is 0. The zero-order valence-electron chi connectivity index (χ0n) is 6.05. The molecule has 2 aliphatic rings. The molecule has 0 aromatic heterocycles. The summed E-state index contributed by atoms with van der Waals surface area (Å²) in [5.41, 5.74) is 0.103. The molecule has 1 fully saturated rings. The lowest BCUT2D eigenvalue weighted by atomic mass is 9.70. The maximum Gasteiger partial charge on any atom is 0.226 e. The molecular formula is C8H11NO. The van der Waals surface area contributed by atoms with E-state index in [-0.39, 0.29) is 17.4 Å². The van der Waals surface area contributed by atoms with E-state index in [1.807, 2.05) is 0 Å². The van der Waals surface area contributed by atoms with E-state index >= 15 is 0 Å². The van der Waals surface area contributed by atoms with Crippen LogP contribution < -0.4 is 5.32 Å². The predicted octanol–water partition coefficient (Wildman–Crippen LogP) is 0.841. The van der Waals surface area contributed by atoms with Crippen LogP contribution in [0.25, 0.3) is 0 Å². The van der Waals surface area contributed by atoms with Gasteiger partial charge in [-0.2, -0.15) is 0 Å². The number of hydrogen-bond acceptors (Lipinski definition) is 1. The van der Waals surface area contributed by atoms with Crippen molar-refractivity contribution in [2.75, 3.05) is 0 Å². The van der Waals surface area contributed by atoms with Gasteiger partial charge in [-0.15, -0.1) is 0 Å². The molecule has 1 aliphatic carbocycles. The fourth-order valence-electron chi connectivity index (χ4n) is 1.79. The normalized spacial score (nSPS) is 43.7. The quantitative estimate of drug-likeness (QED) is 0.389. The fourth-order valence-corrected chi connectivity index (χ4v) is 1.79. The van der Waals surface area contributed by atoms with E-state index in [9.17, 15) is 4.79 Å². The monoisotopic (exact) mass is 137 g/mol. The molecule has 1 saturated heterocycles. The van der Waals surface area contributed by atoms with Crippen molar-refractivity contribution in [2.45, 2.75) is 25.3 Å². The smallest absolute Gasteiger partial charge is 0.226 e. The number of amides is 1. The average molecular weight is 137 g/mol. The van der Waals surface area contributed by atoms with Crippen LogP contribution in [0.2, 0.25) is 0 Å². The molecule has 1 aliphatic heterocycles. The predicted molar refractivity (Wildman–Crippen MR) is 38.4 cm³/mol. The number of carbonyl (C=O) groups excluding carboxylic acids is 1. The molecule has 2 heteroatoms. The van der Waals surface area contributed by atoms with Crippen LogP contribution in [0.5, 0.6) is 0 Å². The standard InChI is InChI=1S/C8H11NO/c1-8-5-3-2-4-6(8)7(10)9-8/h2-3,6H,4-5H2,1H3,(H,9,10)/t6-,8-/m0/s1. The van der Waals surface area contributed by atoms with E-state index < -0.39 is 0 Å². The Hall–Kier alpha value is -0.790. The SMILES string of the molecule is C[C@]12CC=CC[C@H]1C(=O)N2. The summed E-state index contributed by atoms with van der Waals surface area (Å²) in [7, 11) is 0. The van der Waals surface area contributed by atoms with Crippen molar-refractivity contribution in [1.29, 1.82) is 0 Å². The molecule has 0 unspecified atom stereocenters. The molecule has 0 aromatic rings. The van der Waals surface area contributed by atoms with Gasteiger partial charge in [-0.1, -0.05) is 12.2 Å². The lowest BCUT2D eigenvalue weighted by Crippen LogP contribution is -2.67. The minimum Gasteiger partial charge on any atom is -0.349 e. The van der Waals surface area contributed by atoms with Gasteiger partial charge in [0.05, 0.1) is 11.5 Å². The Labute approximate surface area is 60.3 Å². The zero-order valence-corrected chi connectivity index (χ0v) is 6.05. The first-order valence-electron chi connectivity index (χ1n) is 3.69. The number of β-lactam (4-membered cyclic amide) rings is 1. The van der Waals surface area contributed by atoms with Crippen LogP contribution in [0.3, 0.4) is 0 Å². The summed E-state index contributed by atoms with van der Waals surface area (Å²) in [5, 5.41) is 2.93. The van der Waals surface area contributed by atoms with E-state index in [0.717, 1.165) is 12.8 Å². The Kier molecular flexibility index (Phi) is 0.967. The molecule has 0 spiro atoms. The number of nitrogens with one attached hydrogen (secondary N) is 1. The van der Waals surface area contributed by atoms with Gasteiger partial charge in [0.1, 0.15) is 0 Å². The number of fused-ring (bicyclic) bond motifs is 1. The van der Waals surface area contributed by atoms with Crippen molar-refractivity contribution in [3.63, 3.8) is 0 Å². The molecule has 10 heavy (non-hydrogen) atoms. The van der Waals surface area contributed by atoms with Gasteiger partial charge in [-0.05, 0) is 19.8 Å². The topological polar surface area (TPSA) is 29.1 Å². The summed E-state index contributed by atoms with van der Waals surface area (Å²) in [6.45, 7) is 2.11. The molecular weight excluding hydrogens is 126 g/mol. The van der Waals surface area contributed by atoms with Crippen LogP contribution in [0.15, 0.2) is 12.2 Å². The molecule has 1 N–H and O–H groups in total. The highest BCUT2D eigenvalue weighted by molar-refractivity contribution is 5.88. The number of rotatable bonds is 0. The van der Waals surface area contributed by atoms with Crippen LogP contribution in [0.1, 0.15) is 19.8 Å². The van der Waals surface area contributed by atoms with Crippen LogP contribution in [0, 0.1) is 5.92 Å². The molecule has 54 valence electrons. The number of hydrogen-bond donors (Lipinski definition) is 1. The molecule has 0 saturated carbocycles. The summed E-state index contributed by atoms with van der Waals surface area (Å²) >= 11 is 0. The molecule has 1 amide bonds. The van der Waals surface area contributed by atoms with Gasteiger partial charge in [0.15, 0.2) is 0 Å². The summed E-state index contributed by atoms with van der Waals surface area (Å²) in [5.74, 6) is 0.490. The van der Waals surface area contributed by atoms with Crippen LogP contribution >= 0.6 is 0 Å². The maximum atomic E-state index is 10.9. The third-order valence-electron chi connectivity index (χ3n) is 2.57. The first-order chi connectivity index (χ1) is 4.72. The lowest BCUT2D eigenvalue weighted by molar-refractivity contribution is -0.140. The Balaban J connectivity index is 2.23. The van der Waals surface area contributed by atoms with Crippen molar-refractivity contribution >= 4 is 5.91 Å². The van der Waals surface area contributed by atoms with Gasteiger partial charge in [-0.3, -0.25) is 4.79 Å². The molecule has 0 radical (unpaired) electrons. The van der Waals surface area contributed by atoms with Crippen LogP contribution in [-0.2, 0) is 4.79 Å². The van der Waals surface area contributed by atoms with Gasteiger partial charge in [-0.25, -0.2) is 0 Å². The zero-order chi connectivity index (χ0) is 7.19. The maximum absolute atomic E-state index is 10.9. The molecule has 2 rings (SSSR count). The van der Waals surface area contributed by atoms with Gasteiger partial charge in [0, 0.05) is 0 Å². The average Bonchev–Trinajstić information content (AvgIpc) is 1.86. The third-order valence-corrected chi connectivity index (χ3v) is 2.57. The van der Waals surface area contributed by atoms with Crippen molar-refractivity contribution < 1.29 is 4.79 Å². The van der Waals surface area contributed by atoms with Crippen molar-refractivity contribution in [3.05, 3.63) is 12.2 Å². The van der Waals surface area contributed by atoms with E-state index in [1.165, 1.54) is 0 Å². The Bertz CT molecular complexity index is 209. The Morgan fingerprint density at radius 1 is 1.70 bits per heavy atom. The second-order valence-corrected chi connectivity index (χ2v) is 3.37. The van der Waals surface area contributed by atoms with E-state index in [0.29, 0.717) is 0 Å². The highest BCUT2D eigenvalue weighted by Gasteiger charge is 2.49. The van der Waals surface area contributed by atoms with Crippen molar-refractivity contribution in [1.82, 2.24) is 5.32 Å². The minimum atomic E-state index is 0.103. The van der Waals surface area contributed by atoms with Gasteiger partial charge in [0.2, 0.25) is 5.91 Å². The van der Waals surface area contributed by atoms with Gasteiger partial charge < -0.3 is 5.32 Å². The highest BCUT2D eigenvalue weighted by atomic mass is 16.2. The van der Waals surface area contributed by atoms with Gasteiger partial charge >= 0.3 is 0 Å². The fraction of sp³-hybridized carbons (Fsp3) is 0.625. The van der Waals surface area contributed by atoms with E-state index in [4.69, 9.17) is 0 Å². The highest BCUT2D eigenvalue weighted by Crippen LogP contribution is 2.36. The number of carbonyl (C=O) groups is 1. The molecule has 1 heterocycles. The second-order valence-electron chi connectivity index (χ2n) is 3.37. The lowest BCUT2D eigenvalue weighted by Gasteiger charge is -2.48. The van der Waals surface area contributed by atoms with E-state index in [2.05, 4.69) is 24.4 Å². The molecule has 0 bridgehead atoms. The first-order valence-corrected chi connectivity index (χ1v) is 3.69. The summed E-state index contributed by atoms with van der Waals surface area (Å²) in [6, 6.07) is 0. The molecule has 2 atom stereocenters. The third kappa shape index (κ3) is 0.564. The summed E-state index contributed by atoms with van der Waals surface area (Å²) in [6.07, 6.45) is 6.19. The van der Waals surface area contributed by atoms with Gasteiger partial charge in [0.25, 0.3) is 0 Å². The Morgan fingerprint density at radius 3 is 3.00 bits per heavy atom. The number of allylic oxidation sites excluding steroid dienone is 1. The first kappa shape index (κ1) is 5.96. The van der Waals surface area contributed by atoms with Crippen LogP contribution in [0.4, 0.5) is 0 Å². The van der Waals surface area contributed by atoms with Crippen LogP contribution in [-0.4, -0.2) is 11.4 Å². The molecule has 0 aromatic carbocycles. The summed E-state index contributed by atoms with van der Waals surface area (Å²) in [4.78, 5) is 10.9. The van der Waals surface area contributed by atoms with Crippen molar-refractivity contribution in [2.24, 2.45) is 5.92 Å². The van der Waals surface area contributed by atoms with E-state index in [1.54, 1.807) is 0 Å². The van der Waals surface area contributed by atoms with Crippen molar-refractivity contribution in [3.8, 4) is 0 Å². The molecule has 2 nitrogen and oxygen atoms in total. The largest absolute Gasteiger partial charge is 0.349 e.